The van der Waals surface area contributed by atoms with Crippen LogP contribution >= 0.6 is 12.2 Å². The highest BCUT2D eigenvalue weighted by Gasteiger charge is 2.47. The molecule has 4 aromatic rings. The largest absolute Gasteiger partial charge is 0.418 e. The molecule has 5 rings (SSSR count). The lowest BCUT2D eigenvalue weighted by Crippen LogP contribution is -2.67. The number of H-pyrrole nitrogens is 1. The molecule has 0 saturated carbocycles. The van der Waals surface area contributed by atoms with E-state index < -0.39 is 58.8 Å². The van der Waals surface area contributed by atoms with E-state index in [1.54, 1.807) is 37.5 Å². The van der Waals surface area contributed by atoms with Gasteiger partial charge in [0.25, 0.3) is 0 Å². The number of hydrogen-bond acceptors (Lipinski definition) is 5. The number of nitrogens with zero attached hydrogens (tertiary/aromatic N) is 1. The van der Waals surface area contributed by atoms with E-state index in [0.717, 1.165) is 11.6 Å². The molecule has 5 N–H and O–H groups in total. The first kappa shape index (κ1) is 40.3. The molecule has 1 aliphatic rings. The molecule has 2 heterocycles. The van der Waals surface area contributed by atoms with Gasteiger partial charge in [-0.2, -0.15) is 13.2 Å². The van der Waals surface area contributed by atoms with Crippen molar-refractivity contribution in [1.29, 1.82) is 0 Å². The quantitative estimate of drug-likeness (QED) is 0.0739. The Hall–Kier alpha value is -4.85. The SMILES string of the molecule is CCC(C)[C@H](NC(=O)Cc1ccccc1F)C(=O)N[C@]1(C(=O)N[C@H](C(=S)NCc2cccnc2)C(C)CC)CCc2[nH]c3c(C(F)(F)F)cccc3c2C1. The van der Waals surface area contributed by atoms with Crippen molar-refractivity contribution >= 4 is 45.8 Å². The highest BCUT2D eigenvalue weighted by atomic mass is 32.1. The van der Waals surface area contributed by atoms with Gasteiger partial charge in [-0.25, -0.2) is 4.39 Å². The Morgan fingerprint density at radius 3 is 2.35 bits per heavy atom. The first-order valence-corrected chi connectivity index (χ1v) is 18.6. The fraction of sp³-hybridized carbons (Fsp3) is 0.425. The number of hydrogen-bond donors (Lipinski definition) is 5. The van der Waals surface area contributed by atoms with Crippen molar-refractivity contribution in [1.82, 2.24) is 31.2 Å². The van der Waals surface area contributed by atoms with Crippen molar-refractivity contribution in [2.24, 2.45) is 11.8 Å². The van der Waals surface area contributed by atoms with Crippen LogP contribution in [-0.4, -0.2) is 50.3 Å². The third-order valence-corrected chi connectivity index (χ3v) is 10.9. The number of aryl methyl sites for hydroxylation is 1. The Morgan fingerprint density at radius 1 is 0.963 bits per heavy atom. The van der Waals surface area contributed by atoms with Gasteiger partial charge in [-0.15, -0.1) is 0 Å². The van der Waals surface area contributed by atoms with E-state index in [0.29, 0.717) is 41.0 Å². The Balaban J connectivity index is 1.49. The summed E-state index contributed by atoms with van der Waals surface area (Å²) in [5.74, 6) is -2.86. The van der Waals surface area contributed by atoms with E-state index in [1.807, 2.05) is 26.8 Å². The van der Waals surface area contributed by atoms with Gasteiger partial charge in [-0.3, -0.25) is 19.4 Å². The fourth-order valence-corrected chi connectivity index (χ4v) is 7.27. The maximum atomic E-state index is 14.8. The van der Waals surface area contributed by atoms with Crippen LogP contribution in [0.25, 0.3) is 10.9 Å². The molecule has 2 unspecified atom stereocenters. The summed E-state index contributed by atoms with van der Waals surface area (Å²) < 4.78 is 56.6. The third-order valence-electron chi connectivity index (χ3n) is 10.5. The van der Waals surface area contributed by atoms with Gasteiger partial charge in [-0.05, 0) is 59.6 Å². The summed E-state index contributed by atoms with van der Waals surface area (Å²) in [7, 11) is 0. The van der Waals surface area contributed by atoms with Crippen molar-refractivity contribution in [3.05, 3.63) is 101 Å². The van der Waals surface area contributed by atoms with Gasteiger partial charge in [-0.1, -0.05) is 89.2 Å². The molecule has 5 atom stereocenters. The second-order valence-electron chi connectivity index (χ2n) is 14.2. The van der Waals surface area contributed by atoms with Crippen LogP contribution in [0.3, 0.4) is 0 Å². The Bertz CT molecular complexity index is 1990. The number of aromatic amines is 1. The summed E-state index contributed by atoms with van der Waals surface area (Å²) in [5.41, 5.74) is -0.486. The first-order chi connectivity index (χ1) is 25.7. The Labute approximate surface area is 317 Å². The maximum absolute atomic E-state index is 14.8. The highest BCUT2D eigenvalue weighted by molar-refractivity contribution is 7.80. The number of thiocarbonyl (C=S) groups is 1. The van der Waals surface area contributed by atoms with E-state index in [-0.39, 0.29) is 42.7 Å². The first-order valence-electron chi connectivity index (χ1n) is 18.2. The van der Waals surface area contributed by atoms with E-state index in [4.69, 9.17) is 12.2 Å². The average Bonchev–Trinajstić information content (AvgIpc) is 3.52. The monoisotopic (exact) mass is 766 g/mol. The lowest BCUT2D eigenvalue weighted by molar-refractivity contribution is -0.137. The number of benzene rings is 2. The molecule has 0 fully saturated rings. The molecule has 0 aliphatic heterocycles. The zero-order valence-electron chi connectivity index (χ0n) is 30.7. The van der Waals surface area contributed by atoms with Crippen molar-refractivity contribution < 1.29 is 31.9 Å². The Morgan fingerprint density at radius 2 is 1.69 bits per heavy atom. The predicted octanol–water partition coefficient (Wildman–Crippen LogP) is 6.49. The van der Waals surface area contributed by atoms with E-state index in [1.165, 1.54) is 24.3 Å². The van der Waals surface area contributed by atoms with Crippen LogP contribution in [0.15, 0.2) is 67.0 Å². The number of carbonyl (C=O) groups excluding carboxylic acids is 3. The third kappa shape index (κ3) is 9.08. The number of halogens is 4. The second kappa shape index (κ2) is 17.1. The summed E-state index contributed by atoms with van der Waals surface area (Å²) in [6.45, 7) is 7.89. The van der Waals surface area contributed by atoms with Gasteiger partial charge in [0.2, 0.25) is 17.7 Å². The van der Waals surface area contributed by atoms with E-state index >= 15 is 0 Å². The smallest absolute Gasteiger partial charge is 0.374 e. The van der Waals surface area contributed by atoms with Crippen molar-refractivity contribution in [2.45, 2.75) is 96.6 Å². The summed E-state index contributed by atoms with van der Waals surface area (Å²) in [6, 6.07) is 11.7. The minimum atomic E-state index is -4.62. The fourth-order valence-electron chi connectivity index (χ4n) is 6.90. The Kier molecular flexibility index (Phi) is 12.8. The number of carbonyl (C=O) groups is 3. The summed E-state index contributed by atoms with van der Waals surface area (Å²) in [5, 5.41) is 12.4. The van der Waals surface area contributed by atoms with Crippen LogP contribution in [0.5, 0.6) is 0 Å². The zero-order chi connectivity index (χ0) is 39.2. The molecule has 0 spiro atoms. The summed E-state index contributed by atoms with van der Waals surface area (Å²) in [6.07, 6.45) is -0.365. The molecule has 54 heavy (non-hydrogen) atoms. The topological polar surface area (TPSA) is 128 Å². The van der Waals surface area contributed by atoms with Crippen molar-refractivity contribution in [3.8, 4) is 0 Å². The number of alkyl halides is 3. The molecule has 0 saturated heterocycles. The number of amides is 3. The lowest BCUT2D eigenvalue weighted by atomic mass is 9.78. The predicted molar refractivity (Wildman–Crippen MR) is 203 cm³/mol. The number of pyridine rings is 1. The molecular weight excluding hydrogens is 721 g/mol. The van der Waals surface area contributed by atoms with Crippen LogP contribution in [0, 0.1) is 17.7 Å². The number of aromatic nitrogens is 2. The number of para-hydroxylation sites is 1. The zero-order valence-corrected chi connectivity index (χ0v) is 31.5. The summed E-state index contributed by atoms with van der Waals surface area (Å²) in [4.78, 5) is 49.8. The van der Waals surface area contributed by atoms with Crippen molar-refractivity contribution in [2.75, 3.05) is 0 Å². The van der Waals surface area contributed by atoms with Gasteiger partial charge < -0.3 is 26.3 Å². The number of nitrogens with one attached hydrogen (secondary N) is 5. The van der Waals surface area contributed by atoms with Gasteiger partial charge in [0.1, 0.15) is 17.4 Å². The van der Waals surface area contributed by atoms with Crippen LogP contribution in [0.1, 0.15) is 74.9 Å². The van der Waals surface area contributed by atoms with E-state index in [2.05, 4.69) is 31.2 Å². The average molecular weight is 767 g/mol. The molecule has 2 aromatic heterocycles. The molecular formula is C40H46F4N6O3S. The molecule has 0 radical (unpaired) electrons. The second-order valence-corrected chi connectivity index (χ2v) is 14.6. The molecule has 9 nitrogen and oxygen atoms in total. The summed E-state index contributed by atoms with van der Waals surface area (Å²) >= 11 is 5.81. The van der Waals surface area contributed by atoms with Gasteiger partial charge in [0.15, 0.2) is 0 Å². The molecule has 0 bridgehead atoms. The van der Waals surface area contributed by atoms with Crippen molar-refractivity contribution in [3.63, 3.8) is 0 Å². The van der Waals surface area contributed by atoms with Crippen LogP contribution in [0.2, 0.25) is 0 Å². The minimum Gasteiger partial charge on any atom is -0.374 e. The molecule has 288 valence electrons. The van der Waals surface area contributed by atoms with Gasteiger partial charge in [0, 0.05) is 36.4 Å². The van der Waals surface area contributed by atoms with Crippen LogP contribution in [-0.2, 0) is 46.4 Å². The van der Waals surface area contributed by atoms with Crippen LogP contribution in [0.4, 0.5) is 17.6 Å². The number of fused-ring (bicyclic) bond motifs is 3. The lowest BCUT2D eigenvalue weighted by Gasteiger charge is -2.40. The van der Waals surface area contributed by atoms with Gasteiger partial charge >= 0.3 is 6.18 Å². The van der Waals surface area contributed by atoms with Gasteiger partial charge in [0.05, 0.1) is 28.5 Å². The minimum absolute atomic E-state index is 0.0469. The molecule has 1 aliphatic carbocycles. The maximum Gasteiger partial charge on any atom is 0.418 e. The van der Waals surface area contributed by atoms with E-state index in [9.17, 15) is 31.9 Å². The molecule has 2 aromatic carbocycles. The van der Waals surface area contributed by atoms with Crippen LogP contribution < -0.4 is 21.3 Å². The normalized spacial score (nSPS) is 17.8. The standard InChI is InChI=1S/C40H46F4N6O3S/c1-5-23(3)33(48-32(51)19-26-12-7-8-15-30(26)41)36(52)50-39(17-16-31-28(20-39)27-13-9-14-29(35(27)47-31)40(42,43)44)38(53)49-34(24(4)6-2)37(54)46-22-25-11-10-18-45-21-25/h7-15,18,21,23-24,33-34,47H,5-6,16-17,19-20,22H2,1-4H3,(H,46,54)(H,48,51)(H,49,53)(H,50,52)/t23?,24?,33-,34-,39+/m0/s1. The number of rotatable bonds is 14. The molecule has 14 heteroatoms. The highest BCUT2D eigenvalue weighted by Crippen LogP contribution is 2.40. The molecule has 3 amide bonds.